The maximum Gasteiger partial charge on any atom is 0.222 e. The quantitative estimate of drug-likeness (QED) is 0.851. The van der Waals surface area contributed by atoms with Gasteiger partial charge in [-0.15, -0.1) is 0 Å². The molecule has 0 spiro atoms. The zero-order chi connectivity index (χ0) is 16.4. The van der Waals surface area contributed by atoms with Gasteiger partial charge in [-0.3, -0.25) is 0 Å². The Labute approximate surface area is 141 Å². The Morgan fingerprint density at radius 2 is 1.92 bits per heavy atom. The van der Waals surface area contributed by atoms with Crippen molar-refractivity contribution in [2.75, 3.05) is 24.3 Å². The van der Waals surface area contributed by atoms with E-state index >= 15 is 0 Å². The topological polar surface area (TPSA) is 68.9 Å². The number of aliphatic imine (C=N–C) groups is 1. The molecule has 4 rings (SSSR count). The van der Waals surface area contributed by atoms with E-state index in [4.69, 9.17) is 15.2 Å². The zero-order valence-electron chi connectivity index (χ0n) is 13.5. The van der Waals surface area contributed by atoms with Crippen molar-refractivity contribution in [2.24, 2.45) is 4.99 Å². The van der Waals surface area contributed by atoms with Crippen LogP contribution in [0.1, 0.15) is 24.0 Å². The van der Waals surface area contributed by atoms with Gasteiger partial charge in [0.15, 0.2) is 0 Å². The summed E-state index contributed by atoms with van der Waals surface area (Å²) < 4.78 is 11.3. The lowest BCUT2D eigenvalue weighted by molar-refractivity contribution is 0.0904. The first-order valence-electron chi connectivity index (χ1n) is 8.34. The SMILES string of the molecule is Nc1cc(C2=NCc3ccccc3O2)ccc1NC1CCOCC1. The van der Waals surface area contributed by atoms with Crippen LogP contribution in [-0.4, -0.2) is 25.2 Å². The number of hydrogen-bond acceptors (Lipinski definition) is 5. The lowest BCUT2D eigenvalue weighted by Gasteiger charge is -2.25. The Balaban J connectivity index is 1.51. The minimum Gasteiger partial charge on any atom is -0.438 e. The first kappa shape index (κ1) is 15.0. The summed E-state index contributed by atoms with van der Waals surface area (Å²) in [5, 5.41) is 3.51. The van der Waals surface area contributed by atoms with Crippen LogP contribution >= 0.6 is 0 Å². The summed E-state index contributed by atoms with van der Waals surface area (Å²) >= 11 is 0. The smallest absolute Gasteiger partial charge is 0.222 e. The molecule has 2 aromatic carbocycles. The Hall–Kier alpha value is -2.53. The Bertz CT molecular complexity index is 767. The number of hydrogen-bond donors (Lipinski definition) is 2. The van der Waals surface area contributed by atoms with Crippen LogP contribution in [-0.2, 0) is 11.3 Å². The molecule has 1 fully saturated rings. The van der Waals surface area contributed by atoms with E-state index in [9.17, 15) is 0 Å². The summed E-state index contributed by atoms with van der Waals surface area (Å²) in [5.74, 6) is 1.49. The van der Waals surface area contributed by atoms with E-state index < -0.39 is 0 Å². The summed E-state index contributed by atoms with van der Waals surface area (Å²) in [4.78, 5) is 4.53. The van der Waals surface area contributed by atoms with Crippen LogP contribution in [0, 0.1) is 0 Å². The van der Waals surface area contributed by atoms with Crippen molar-refractivity contribution in [2.45, 2.75) is 25.4 Å². The summed E-state index contributed by atoms with van der Waals surface area (Å²) in [6.07, 6.45) is 2.02. The van der Waals surface area contributed by atoms with Gasteiger partial charge in [-0.05, 0) is 37.1 Å². The fourth-order valence-corrected chi connectivity index (χ4v) is 3.07. The monoisotopic (exact) mass is 323 g/mol. The molecule has 3 N–H and O–H groups in total. The van der Waals surface area contributed by atoms with Crippen LogP contribution in [0.25, 0.3) is 0 Å². The van der Waals surface area contributed by atoms with Gasteiger partial charge in [0.2, 0.25) is 5.90 Å². The number of nitrogens with one attached hydrogen (secondary N) is 1. The van der Waals surface area contributed by atoms with Crippen molar-refractivity contribution in [3.05, 3.63) is 53.6 Å². The third-order valence-electron chi connectivity index (χ3n) is 4.45. The van der Waals surface area contributed by atoms with Gasteiger partial charge >= 0.3 is 0 Å². The van der Waals surface area contributed by atoms with Crippen molar-refractivity contribution in [1.82, 2.24) is 0 Å². The Kier molecular flexibility index (Phi) is 4.09. The molecular formula is C19H21N3O2. The third kappa shape index (κ3) is 3.08. The van der Waals surface area contributed by atoms with Crippen molar-refractivity contribution in [1.29, 1.82) is 0 Å². The van der Waals surface area contributed by atoms with E-state index in [-0.39, 0.29) is 0 Å². The van der Waals surface area contributed by atoms with Crippen molar-refractivity contribution < 1.29 is 9.47 Å². The second kappa shape index (κ2) is 6.53. The molecule has 0 unspecified atom stereocenters. The van der Waals surface area contributed by atoms with E-state index in [0.717, 1.165) is 48.6 Å². The molecule has 0 aliphatic carbocycles. The molecule has 2 aromatic rings. The number of nitrogen functional groups attached to an aromatic ring is 1. The number of fused-ring (bicyclic) bond motifs is 1. The molecule has 5 heteroatoms. The molecule has 124 valence electrons. The molecule has 0 saturated carbocycles. The maximum atomic E-state index is 6.24. The second-order valence-electron chi connectivity index (χ2n) is 6.16. The van der Waals surface area contributed by atoms with Crippen LogP contribution in [0.5, 0.6) is 5.75 Å². The minimum atomic E-state index is 0.419. The summed E-state index contributed by atoms with van der Waals surface area (Å²) in [5.41, 5.74) is 9.91. The van der Waals surface area contributed by atoms with Gasteiger partial charge < -0.3 is 20.5 Å². The zero-order valence-corrected chi connectivity index (χ0v) is 13.5. The summed E-state index contributed by atoms with van der Waals surface area (Å²) in [6, 6.07) is 14.3. The molecule has 1 saturated heterocycles. The minimum absolute atomic E-state index is 0.419. The number of rotatable bonds is 3. The van der Waals surface area contributed by atoms with E-state index in [1.165, 1.54) is 0 Å². The summed E-state index contributed by atoms with van der Waals surface area (Å²) in [6.45, 7) is 2.24. The highest BCUT2D eigenvalue weighted by atomic mass is 16.5. The highest BCUT2D eigenvalue weighted by Gasteiger charge is 2.17. The molecule has 2 aliphatic heterocycles. The number of anilines is 2. The van der Waals surface area contributed by atoms with Gasteiger partial charge in [0.1, 0.15) is 5.75 Å². The van der Waals surface area contributed by atoms with E-state index in [0.29, 0.717) is 24.2 Å². The highest BCUT2D eigenvalue weighted by Crippen LogP contribution is 2.27. The average molecular weight is 323 g/mol. The van der Waals surface area contributed by atoms with Gasteiger partial charge in [-0.1, -0.05) is 18.2 Å². The van der Waals surface area contributed by atoms with Crippen LogP contribution in [0.3, 0.4) is 0 Å². The number of para-hydroxylation sites is 1. The predicted molar refractivity (Wildman–Crippen MR) is 95.6 cm³/mol. The molecule has 0 aromatic heterocycles. The lowest BCUT2D eigenvalue weighted by Crippen LogP contribution is -2.28. The number of nitrogens with two attached hydrogens (primary N) is 1. The highest BCUT2D eigenvalue weighted by molar-refractivity contribution is 5.98. The molecule has 0 bridgehead atoms. The molecule has 0 radical (unpaired) electrons. The van der Waals surface area contributed by atoms with Gasteiger partial charge in [0, 0.05) is 30.4 Å². The average Bonchev–Trinajstić information content (AvgIpc) is 2.64. The molecule has 2 heterocycles. The standard InChI is InChI=1S/C19H21N3O2/c20-16-11-13(5-6-17(16)22-15-7-9-23-10-8-15)19-21-12-14-3-1-2-4-18(14)24-19/h1-6,11,15,22H,7-10,12,20H2. The number of ether oxygens (including phenoxy) is 2. The van der Waals surface area contributed by atoms with Crippen molar-refractivity contribution >= 4 is 17.3 Å². The summed E-state index contributed by atoms with van der Waals surface area (Å²) in [7, 11) is 0. The fourth-order valence-electron chi connectivity index (χ4n) is 3.07. The van der Waals surface area contributed by atoms with E-state index in [1.54, 1.807) is 0 Å². The second-order valence-corrected chi connectivity index (χ2v) is 6.16. The number of benzene rings is 2. The van der Waals surface area contributed by atoms with E-state index in [1.807, 2.05) is 42.5 Å². The molecule has 5 nitrogen and oxygen atoms in total. The van der Waals surface area contributed by atoms with Gasteiger partial charge in [-0.25, -0.2) is 4.99 Å². The first-order chi connectivity index (χ1) is 11.8. The first-order valence-corrected chi connectivity index (χ1v) is 8.34. The van der Waals surface area contributed by atoms with Crippen molar-refractivity contribution in [3.63, 3.8) is 0 Å². The Morgan fingerprint density at radius 1 is 1.08 bits per heavy atom. The molecular weight excluding hydrogens is 302 g/mol. The van der Waals surface area contributed by atoms with Crippen LogP contribution in [0.2, 0.25) is 0 Å². The van der Waals surface area contributed by atoms with Crippen LogP contribution in [0.15, 0.2) is 47.5 Å². The third-order valence-corrected chi connectivity index (χ3v) is 4.45. The largest absolute Gasteiger partial charge is 0.438 e. The molecule has 24 heavy (non-hydrogen) atoms. The maximum absolute atomic E-state index is 6.24. The Morgan fingerprint density at radius 3 is 2.75 bits per heavy atom. The molecule has 2 aliphatic rings. The van der Waals surface area contributed by atoms with Gasteiger partial charge in [0.05, 0.1) is 17.9 Å². The molecule has 0 amide bonds. The van der Waals surface area contributed by atoms with Crippen LogP contribution < -0.4 is 15.8 Å². The predicted octanol–water partition coefficient (Wildman–Crippen LogP) is 3.20. The fraction of sp³-hybridized carbons (Fsp3) is 0.316. The van der Waals surface area contributed by atoms with E-state index in [2.05, 4.69) is 10.3 Å². The van der Waals surface area contributed by atoms with Crippen molar-refractivity contribution in [3.8, 4) is 5.75 Å². The van der Waals surface area contributed by atoms with Gasteiger partial charge in [-0.2, -0.15) is 0 Å². The van der Waals surface area contributed by atoms with Crippen LogP contribution in [0.4, 0.5) is 11.4 Å². The van der Waals surface area contributed by atoms with Gasteiger partial charge in [0.25, 0.3) is 0 Å². The number of nitrogens with zero attached hydrogens (tertiary/aromatic N) is 1. The molecule has 0 atom stereocenters. The lowest BCUT2D eigenvalue weighted by atomic mass is 10.1. The normalized spacial score (nSPS) is 17.6.